The van der Waals surface area contributed by atoms with Crippen molar-refractivity contribution >= 4 is 5.91 Å². The summed E-state index contributed by atoms with van der Waals surface area (Å²) in [6.07, 6.45) is 7.84. The Labute approximate surface area is 172 Å². The maximum atomic E-state index is 13.7. The van der Waals surface area contributed by atoms with E-state index in [1.807, 2.05) is 12.1 Å². The highest BCUT2D eigenvalue weighted by molar-refractivity contribution is 5.95. The van der Waals surface area contributed by atoms with E-state index in [4.69, 9.17) is 4.74 Å². The van der Waals surface area contributed by atoms with Crippen LogP contribution in [0.25, 0.3) is 0 Å². The number of amides is 1. The van der Waals surface area contributed by atoms with Gasteiger partial charge < -0.3 is 15.0 Å². The molecule has 3 fully saturated rings. The van der Waals surface area contributed by atoms with E-state index in [-0.39, 0.29) is 11.9 Å². The zero-order valence-electron chi connectivity index (χ0n) is 17.1. The first-order valence-electron chi connectivity index (χ1n) is 10.9. The number of fused-ring (bicyclic) bond motifs is 1. The number of aromatic nitrogens is 2. The van der Waals surface area contributed by atoms with Crippen LogP contribution in [0.4, 0.5) is 0 Å². The molecule has 6 nitrogen and oxygen atoms in total. The molecule has 2 aliphatic heterocycles. The second-order valence-electron chi connectivity index (χ2n) is 8.79. The molecule has 6 heteroatoms. The standard InChI is InChI=1S/C23H30N4O2/c1-29-18-9-7-16(8-10-18)22-19-12-24-11-17(19)14-27(22)23(28)20-13-25-26-21(20)15-5-3-2-4-6-15/h7-10,13,15,17,19,22,24H,2-6,11-12,14H2,1H3,(H,25,26)/t17-,19-,22-/m0/s1. The number of nitrogens with zero attached hydrogens (tertiary/aromatic N) is 2. The Morgan fingerprint density at radius 2 is 1.93 bits per heavy atom. The molecule has 3 aliphatic rings. The van der Waals surface area contributed by atoms with Gasteiger partial charge in [-0.25, -0.2) is 0 Å². The van der Waals surface area contributed by atoms with Crippen molar-refractivity contribution in [2.45, 2.75) is 44.1 Å². The first-order valence-corrected chi connectivity index (χ1v) is 10.9. The Kier molecular flexibility index (Phi) is 5.04. The highest BCUT2D eigenvalue weighted by atomic mass is 16.5. The Morgan fingerprint density at radius 1 is 1.14 bits per heavy atom. The molecule has 0 bridgehead atoms. The third kappa shape index (κ3) is 3.33. The summed E-state index contributed by atoms with van der Waals surface area (Å²) in [5.41, 5.74) is 3.03. The van der Waals surface area contributed by atoms with Crippen molar-refractivity contribution in [1.82, 2.24) is 20.4 Å². The Hall–Kier alpha value is -2.34. The van der Waals surface area contributed by atoms with Gasteiger partial charge in [0.2, 0.25) is 0 Å². The Morgan fingerprint density at radius 3 is 2.69 bits per heavy atom. The fraction of sp³-hybridized carbons (Fsp3) is 0.565. The number of H-pyrrole nitrogens is 1. The average Bonchev–Trinajstić information content (AvgIpc) is 3.50. The lowest BCUT2D eigenvalue weighted by molar-refractivity contribution is 0.0712. The van der Waals surface area contributed by atoms with E-state index in [1.165, 1.54) is 24.8 Å². The number of methoxy groups -OCH3 is 1. The minimum Gasteiger partial charge on any atom is -0.497 e. The zero-order valence-corrected chi connectivity index (χ0v) is 17.1. The zero-order chi connectivity index (χ0) is 19.8. The van der Waals surface area contributed by atoms with Gasteiger partial charge in [-0.2, -0.15) is 5.10 Å². The minimum atomic E-state index is 0.0995. The lowest BCUT2D eigenvalue weighted by Crippen LogP contribution is -2.35. The summed E-state index contributed by atoms with van der Waals surface area (Å²) in [6, 6.07) is 8.32. The lowest BCUT2D eigenvalue weighted by atomic mass is 9.85. The van der Waals surface area contributed by atoms with Gasteiger partial charge in [0.25, 0.3) is 5.91 Å². The third-order valence-corrected chi connectivity index (χ3v) is 7.20. The number of carbonyl (C=O) groups is 1. The molecular weight excluding hydrogens is 364 g/mol. The van der Waals surface area contributed by atoms with Crippen molar-refractivity contribution in [3.05, 3.63) is 47.3 Å². The molecule has 2 N–H and O–H groups in total. The molecule has 1 amide bonds. The first-order chi connectivity index (χ1) is 14.3. The Bertz CT molecular complexity index is 856. The van der Waals surface area contributed by atoms with E-state index >= 15 is 0 Å². The van der Waals surface area contributed by atoms with Crippen LogP contribution >= 0.6 is 0 Å². The number of nitrogens with one attached hydrogen (secondary N) is 2. The molecule has 2 aromatic rings. The summed E-state index contributed by atoms with van der Waals surface area (Å²) in [5.74, 6) is 2.39. The molecule has 1 aromatic carbocycles. The number of hydrogen-bond acceptors (Lipinski definition) is 4. The number of carbonyl (C=O) groups excluding carboxylic acids is 1. The van der Waals surface area contributed by atoms with E-state index in [9.17, 15) is 4.79 Å². The predicted molar refractivity (Wildman–Crippen MR) is 111 cm³/mol. The van der Waals surface area contributed by atoms with Crippen molar-refractivity contribution in [3.8, 4) is 5.75 Å². The summed E-state index contributed by atoms with van der Waals surface area (Å²) in [5, 5.41) is 11.0. The molecule has 3 heterocycles. The SMILES string of the molecule is COc1ccc([C@H]2[C@H]3CNC[C@H]3CN2C(=O)c2cn[nH]c2C2CCCCC2)cc1. The highest BCUT2D eigenvalue weighted by Crippen LogP contribution is 2.44. The summed E-state index contributed by atoms with van der Waals surface area (Å²) in [4.78, 5) is 15.8. The number of rotatable bonds is 4. The van der Waals surface area contributed by atoms with Gasteiger partial charge in [-0.15, -0.1) is 0 Å². The summed E-state index contributed by atoms with van der Waals surface area (Å²) in [6.45, 7) is 2.76. The van der Waals surface area contributed by atoms with Crippen LogP contribution in [0.2, 0.25) is 0 Å². The third-order valence-electron chi connectivity index (χ3n) is 7.20. The lowest BCUT2D eigenvalue weighted by Gasteiger charge is -2.29. The second kappa shape index (κ2) is 7.82. The number of likely N-dealkylation sites (tertiary alicyclic amines) is 1. The van der Waals surface area contributed by atoms with E-state index in [2.05, 4.69) is 32.5 Å². The van der Waals surface area contributed by atoms with Crippen molar-refractivity contribution < 1.29 is 9.53 Å². The molecule has 29 heavy (non-hydrogen) atoms. The van der Waals surface area contributed by atoms with Crippen LogP contribution < -0.4 is 10.1 Å². The van der Waals surface area contributed by atoms with Gasteiger partial charge in [0, 0.05) is 31.5 Å². The number of ether oxygens (including phenoxy) is 1. The fourth-order valence-corrected chi connectivity index (χ4v) is 5.68. The predicted octanol–water partition coefficient (Wildman–Crippen LogP) is 3.50. The number of hydrogen-bond donors (Lipinski definition) is 2. The molecule has 154 valence electrons. The molecule has 3 atom stereocenters. The van der Waals surface area contributed by atoms with E-state index in [0.717, 1.165) is 49.5 Å². The molecule has 1 aliphatic carbocycles. The van der Waals surface area contributed by atoms with E-state index in [0.29, 0.717) is 17.8 Å². The fourth-order valence-electron chi connectivity index (χ4n) is 5.68. The van der Waals surface area contributed by atoms with Gasteiger partial charge in [0.1, 0.15) is 5.75 Å². The summed E-state index contributed by atoms with van der Waals surface area (Å²) >= 11 is 0. The van der Waals surface area contributed by atoms with Crippen molar-refractivity contribution in [2.24, 2.45) is 11.8 Å². The number of aromatic amines is 1. The van der Waals surface area contributed by atoms with Crippen LogP contribution in [0.1, 0.15) is 65.7 Å². The van der Waals surface area contributed by atoms with Gasteiger partial charge in [0.05, 0.1) is 30.6 Å². The van der Waals surface area contributed by atoms with Crippen LogP contribution in [0.5, 0.6) is 5.75 Å². The molecular formula is C23H30N4O2. The molecule has 5 rings (SSSR count). The van der Waals surface area contributed by atoms with Crippen LogP contribution in [-0.2, 0) is 0 Å². The second-order valence-corrected chi connectivity index (χ2v) is 8.79. The van der Waals surface area contributed by atoms with Crippen LogP contribution in [0.15, 0.2) is 30.5 Å². The smallest absolute Gasteiger partial charge is 0.257 e. The van der Waals surface area contributed by atoms with Gasteiger partial charge in [-0.05, 0) is 36.5 Å². The van der Waals surface area contributed by atoms with Crippen LogP contribution in [0, 0.1) is 11.8 Å². The monoisotopic (exact) mass is 394 g/mol. The van der Waals surface area contributed by atoms with Gasteiger partial charge in [0.15, 0.2) is 0 Å². The molecule has 0 unspecified atom stereocenters. The highest BCUT2D eigenvalue weighted by Gasteiger charge is 2.47. The molecule has 1 aromatic heterocycles. The van der Waals surface area contributed by atoms with E-state index < -0.39 is 0 Å². The van der Waals surface area contributed by atoms with Crippen molar-refractivity contribution in [3.63, 3.8) is 0 Å². The molecule has 1 saturated carbocycles. The van der Waals surface area contributed by atoms with E-state index in [1.54, 1.807) is 13.3 Å². The van der Waals surface area contributed by atoms with Crippen LogP contribution in [0.3, 0.4) is 0 Å². The van der Waals surface area contributed by atoms with Gasteiger partial charge >= 0.3 is 0 Å². The normalized spacial score (nSPS) is 27.2. The maximum absolute atomic E-state index is 13.7. The topological polar surface area (TPSA) is 70.2 Å². The van der Waals surface area contributed by atoms with Crippen molar-refractivity contribution in [1.29, 1.82) is 0 Å². The quantitative estimate of drug-likeness (QED) is 0.833. The summed E-state index contributed by atoms with van der Waals surface area (Å²) < 4.78 is 5.33. The minimum absolute atomic E-state index is 0.0995. The largest absolute Gasteiger partial charge is 0.497 e. The molecule has 0 spiro atoms. The Balaban J connectivity index is 1.45. The van der Waals surface area contributed by atoms with Crippen LogP contribution in [-0.4, -0.2) is 47.7 Å². The maximum Gasteiger partial charge on any atom is 0.257 e. The van der Waals surface area contributed by atoms with Gasteiger partial charge in [-0.1, -0.05) is 31.4 Å². The molecule has 2 saturated heterocycles. The average molecular weight is 395 g/mol. The summed E-state index contributed by atoms with van der Waals surface area (Å²) in [7, 11) is 1.68. The molecule has 0 radical (unpaired) electrons. The number of benzene rings is 1. The van der Waals surface area contributed by atoms with Gasteiger partial charge in [-0.3, -0.25) is 9.89 Å². The van der Waals surface area contributed by atoms with Crippen molar-refractivity contribution in [2.75, 3.05) is 26.7 Å². The first kappa shape index (κ1) is 18.7.